The molecule has 0 aliphatic heterocycles. The SMILES string of the molecule is CCOC(=O)c1c([N+](=O)[O-])ccc(Cl)c1N. The third-order valence-electron chi connectivity index (χ3n) is 1.85. The Hall–Kier alpha value is -1.82. The predicted octanol–water partition coefficient (Wildman–Crippen LogP) is 2.01. The fraction of sp³-hybridized carbons (Fsp3) is 0.222. The Morgan fingerprint density at radius 1 is 1.62 bits per heavy atom. The minimum atomic E-state index is -0.853. The number of nitrogens with two attached hydrogens (primary N) is 1. The van der Waals surface area contributed by atoms with Gasteiger partial charge in [-0.3, -0.25) is 10.1 Å². The first-order valence-electron chi connectivity index (χ1n) is 4.38. The van der Waals surface area contributed by atoms with Gasteiger partial charge in [0.1, 0.15) is 0 Å². The highest BCUT2D eigenvalue weighted by molar-refractivity contribution is 6.34. The number of nitrogen functional groups attached to an aromatic ring is 1. The number of nitrogens with zero attached hydrogens (tertiary/aromatic N) is 1. The maximum Gasteiger partial charge on any atom is 0.347 e. The van der Waals surface area contributed by atoms with Gasteiger partial charge in [0.2, 0.25) is 0 Å². The number of carbonyl (C=O) groups is 1. The normalized spacial score (nSPS) is 9.88. The van der Waals surface area contributed by atoms with Crippen LogP contribution in [0.5, 0.6) is 0 Å². The summed E-state index contributed by atoms with van der Waals surface area (Å²) in [5.74, 6) is -0.853. The second-order valence-corrected chi connectivity index (χ2v) is 3.24. The van der Waals surface area contributed by atoms with E-state index in [4.69, 9.17) is 17.3 Å². The summed E-state index contributed by atoms with van der Waals surface area (Å²) in [4.78, 5) is 21.5. The van der Waals surface area contributed by atoms with Gasteiger partial charge in [-0.25, -0.2) is 4.79 Å². The summed E-state index contributed by atoms with van der Waals surface area (Å²) in [7, 11) is 0. The van der Waals surface area contributed by atoms with Crippen LogP contribution in [0.4, 0.5) is 11.4 Å². The van der Waals surface area contributed by atoms with Gasteiger partial charge in [0, 0.05) is 6.07 Å². The van der Waals surface area contributed by atoms with Crippen LogP contribution in [0, 0.1) is 10.1 Å². The molecule has 0 radical (unpaired) electrons. The summed E-state index contributed by atoms with van der Waals surface area (Å²) >= 11 is 5.68. The average molecular weight is 245 g/mol. The van der Waals surface area contributed by atoms with E-state index in [1.807, 2.05) is 0 Å². The molecule has 1 aromatic carbocycles. The molecule has 0 amide bonds. The summed E-state index contributed by atoms with van der Waals surface area (Å²) in [6.07, 6.45) is 0. The van der Waals surface area contributed by atoms with Gasteiger partial charge in [-0.1, -0.05) is 11.6 Å². The maximum absolute atomic E-state index is 11.5. The zero-order valence-corrected chi connectivity index (χ0v) is 9.15. The van der Waals surface area contributed by atoms with Gasteiger partial charge in [0.25, 0.3) is 5.69 Å². The molecule has 0 spiro atoms. The minimum absolute atomic E-state index is 0.0775. The molecule has 86 valence electrons. The number of halogens is 1. The number of anilines is 1. The Bertz CT molecular complexity index is 447. The molecular formula is C9H9ClN2O4. The Kier molecular flexibility index (Phi) is 3.68. The monoisotopic (exact) mass is 244 g/mol. The van der Waals surface area contributed by atoms with Crippen molar-refractivity contribution in [2.45, 2.75) is 6.92 Å². The molecule has 0 saturated heterocycles. The molecule has 0 unspecified atom stereocenters. The fourth-order valence-corrected chi connectivity index (χ4v) is 1.31. The van der Waals surface area contributed by atoms with Crippen molar-refractivity contribution in [3.05, 3.63) is 32.8 Å². The highest BCUT2D eigenvalue weighted by Crippen LogP contribution is 2.31. The van der Waals surface area contributed by atoms with Gasteiger partial charge in [-0.2, -0.15) is 0 Å². The minimum Gasteiger partial charge on any atom is -0.462 e. The average Bonchev–Trinajstić information content (AvgIpc) is 2.21. The molecule has 1 rings (SSSR count). The smallest absolute Gasteiger partial charge is 0.347 e. The largest absolute Gasteiger partial charge is 0.462 e. The Labute approximate surface area is 96.1 Å². The van der Waals surface area contributed by atoms with Crippen LogP contribution in [0.25, 0.3) is 0 Å². The van der Waals surface area contributed by atoms with E-state index in [-0.39, 0.29) is 22.9 Å². The highest BCUT2D eigenvalue weighted by Gasteiger charge is 2.25. The van der Waals surface area contributed by atoms with E-state index < -0.39 is 16.6 Å². The van der Waals surface area contributed by atoms with Crippen LogP contribution >= 0.6 is 11.6 Å². The van der Waals surface area contributed by atoms with Crippen molar-refractivity contribution in [3.63, 3.8) is 0 Å². The van der Waals surface area contributed by atoms with Crippen molar-refractivity contribution >= 4 is 28.9 Å². The molecule has 0 saturated carbocycles. The number of ether oxygens (including phenoxy) is 1. The van der Waals surface area contributed by atoms with Crippen LogP contribution in [-0.2, 0) is 4.74 Å². The lowest BCUT2D eigenvalue weighted by Crippen LogP contribution is -2.11. The molecule has 6 nitrogen and oxygen atoms in total. The molecule has 7 heteroatoms. The molecular weight excluding hydrogens is 236 g/mol. The van der Waals surface area contributed by atoms with E-state index in [9.17, 15) is 14.9 Å². The van der Waals surface area contributed by atoms with Gasteiger partial charge >= 0.3 is 5.97 Å². The van der Waals surface area contributed by atoms with Crippen molar-refractivity contribution < 1.29 is 14.5 Å². The van der Waals surface area contributed by atoms with Crippen molar-refractivity contribution in [2.24, 2.45) is 0 Å². The molecule has 0 atom stereocenters. The quantitative estimate of drug-likeness (QED) is 0.380. The number of nitro groups is 1. The first-order valence-corrected chi connectivity index (χ1v) is 4.76. The molecule has 0 heterocycles. The Morgan fingerprint density at radius 3 is 2.75 bits per heavy atom. The van der Waals surface area contributed by atoms with E-state index in [2.05, 4.69) is 4.74 Å². The van der Waals surface area contributed by atoms with Crippen molar-refractivity contribution in [1.82, 2.24) is 0 Å². The second kappa shape index (κ2) is 4.80. The summed E-state index contributed by atoms with van der Waals surface area (Å²) in [6.45, 7) is 1.69. The number of benzene rings is 1. The first kappa shape index (κ1) is 12.3. The van der Waals surface area contributed by atoms with Crippen LogP contribution in [0.2, 0.25) is 5.02 Å². The zero-order chi connectivity index (χ0) is 12.3. The van der Waals surface area contributed by atoms with Gasteiger partial charge in [0.05, 0.1) is 22.2 Å². The Morgan fingerprint density at radius 2 is 2.25 bits per heavy atom. The van der Waals surface area contributed by atoms with E-state index in [0.717, 1.165) is 6.07 Å². The van der Waals surface area contributed by atoms with E-state index >= 15 is 0 Å². The number of carbonyl (C=O) groups excluding carboxylic acids is 1. The predicted molar refractivity (Wildman–Crippen MR) is 58.5 cm³/mol. The highest BCUT2D eigenvalue weighted by atomic mass is 35.5. The van der Waals surface area contributed by atoms with Crippen molar-refractivity contribution in [2.75, 3.05) is 12.3 Å². The van der Waals surface area contributed by atoms with E-state index in [1.54, 1.807) is 6.92 Å². The van der Waals surface area contributed by atoms with Crippen LogP contribution < -0.4 is 5.73 Å². The molecule has 0 aliphatic rings. The molecule has 2 N–H and O–H groups in total. The third-order valence-corrected chi connectivity index (χ3v) is 2.18. The number of esters is 1. The van der Waals surface area contributed by atoms with Gasteiger partial charge in [-0.05, 0) is 13.0 Å². The van der Waals surface area contributed by atoms with Gasteiger partial charge in [0.15, 0.2) is 5.56 Å². The van der Waals surface area contributed by atoms with Gasteiger partial charge < -0.3 is 10.5 Å². The Balaban J connectivity index is 3.37. The summed E-state index contributed by atoms with van der Waals surface area (Å²) in [6, 6.07) is 2.38. The number of rotatable bonds is 3. The maximum atomic E-state index is 11.5. The van der Waals surface area contributed by atoms with Gasteiger partial charge in [-0.15, -0.1) is 0 Å². The lowest BCUT2D eigenvalue weighted by atomic mass is 10.1. The molecule has 0 bridgehead atoms. The van der Waals surface area contributed by atoms with Crippen molar-refractivity contribution in [3.8, 4) is 0 Å². The van der Waals surface area contributed by atoms with Crippen LogP contribution in [0.3, 0.4) is 0 Å². The summed E-state index contributed by atoms with van der Waals surface area (Å²) < 4.78 is 4.67. The standard InChI is InChI=1S/C9H9ClN2O4/c1-2-16-9(13)7-6(12(14)15)4-3-5(10)8(7)11/h3-4H,2,11H2,1H3. The first-order chi connectivity index (χ1) is 7.49. The molecule has 16 heavy (non-hydrogen) atoms. The van der Waals surface area contributed by atoms with Crippen LogP contribution in [0.15, 0.2) is 12.1 Å². The lowest BCUT2D eigenvalue weighted by Gasteiger charge is -2.07. The third kappa shape index (κ3) is 2.22. The van der Waals surface area contributed by atoms with E-state index in [1.165, 1.54) is 6.07 Å². The molecule has 0 aliphatic carbocycles. The van der Waals surface area contributed by atoms with E-state index in [0.29, 0.717) is 0 Å². The van der Waals surface area contributed by atoms with Crippen LogP contribution in [-0.4, -0.2) is 17.5 Å². The molecule has 1 aromatic rings. The second-order valence-electron chi connectivity index (χ2n) is 2.83. The molecule has 0 aromatic heterocycles. The summed E-state index contributed by atoms with van der Waals surface area (Å²) in [5.41, 5.74) is 4.65. The zero-order valence-electron chi connectivity index (χ0n) is 8.40. The molecule has 0 fully saturated rings. The lowest BCUT2D eigenvalue weighted by molar-refractivity contribution is -0.385. The number of hydrogen-bond acceptors (Lipinski definition) is 5. The topological polar surface area (TPSA) is 95.5 Å². The number of nitro benzene ring substituents is 1. The fourth-order valence-electron chi connectivity index (χ4n) is 1.15. The van der Waals surface area contributed by atoms with Crippen molar-refractivity contribution in [1.29, 1.82) is 0 Å². The number of hydrogen-bond donors (Lipinski definition) is 1. The van der Waals surface area contributed by atoms with Crippen LogP contribution in [0.1, 0.15) is 17.3 Å². The summed E-state index contributed by atoms with van der Waals surface area (Å²) in [5, 5.41) is 10.8.